The molecule has 0 saturated heterocycles. The van der Waals surface area contributed by atoms with E-state index < -0.39 is 10.4 Å². The molecule has 0 saturated carbocycles. The fraction of sp³-hybridized carbons (Fsp3) is 0. The lowest BCUT2D eigenvalue weighted by atomic mass is 10.2. The van der Waals surface area contributed by atoms with Gasteiger partial charge in [-0.1, -0.05) is 30.3 Å². The molecule has 0 aliphatic heterocycles. The van der Waals surface area contributed by atoms with Gasteiger partial charge in [-0.2, -0.15) is 8.42 Å². The second-order valence-corrected chi connectivity index (χ2v) is 3.46. The van der Waals surface area contributed by atoms with Crippen molar-refractivity contribution in [1.29, 1.82) is 0 Å². The van der Waals surface area contributed by atoms with E-state index in [0.717, 1.165) is 5.56 Å². The molecule has 5 N–H and O–H groups in total. The smallest absolute Gasteiger partial charge is 0.264 e. The number of hydrogen-bond donors (Lipinski definition) is 5. The van der Waals surface area contributed by atoms with Crippen molar-refractivity contribution in [3.8, 4) is 11.4 Å². The lowest BCUT2D eigenvalue weighted by molar-refractivity contribution is -0.176. The topological polar surface area (TPSA) is 170 Å². The Morgan fingerprint density at radius 3 is 1.94 bits per heavy atom. The van der Waals surface area contributed by atoms with E-state index in [-0.39, 0.29) is 0 Å². The van der Waals surface area contributed by atoms with Gasteiger partial charge in [0.25, 0.3) is 0 Å². The van der Waals surface area contributed by atoms with Crippen molar-refractivity contribution in [1.82, 2.24) is 20.6 Å². The van der Waals surface area contributed by atoms with Gasteiger partial charge in [0.15, 0.2) is 5.82 Å². The summed E-state index contributed by atoms with van der Waals surface area (Å²) in [6.07, 6.45) is 0. The monoisotopic (exact) mass is 278 g/mol. The van der Waals surface area contributed by atoms with Gasteiger partial charge in [-0.15, -0.1) is 5.10 Å². The van der Waals surface area contributed by atoms with E-state index in [1.54, 1.807) is 0 Å². The molecule has 0 aliphatic rings. The second-order valence-electron chi connectivity index (χ2n) is 2.56. The van der Waals surface area contributed by atoms with Crippen LogP contribution in [0.3, 0.4) is 0 Å². The van der Waals surface area contributed by atoms with Crippen LogP contribution in [0.25, 0.3) is 11.4 Å². The minimum Gasteiger partial charge on any atom is -0.264 e. The van der Waals surface area contributed by atoms with Gasteiger partial charge in [0, 0.05) is 5.56 Å². The summed E-state index contributed by atoms with van der Waals surface area (Å²) in [6.45, 7) is 0. The first kappa shape index (κ1) is 16.1. The number of hydrogen-bond acceptors (Lipinski definition) is 7. The van der Waals surface area contributed by atoms with Crippen LogP contribution >= 0.6 is 0 Å². The molecule has 2 aromatic rings. The molecular formula is C7H10N4O6S. The number of rotatable bonds is 1. The Kier molecular flexibility index (Phi) is 7.34. The van der Waals surface area contributed by atoms with Gasteiger partial charge in [-0.3, -0.25) is 19.6 Å². The predicted molar refractivity (Wildman–Crippen MR) is 59.0 cm³/mol. The molecule has 0 aliphatic carbocycles. The lowest BCUT2D eigenvalue weighted by Crippen LogP contribution is -1.89. The highest BCUT2D eigenvalue weighted by Crippen LogP contribution is 2.10. The van der Waals surface area contributed by atoms with Crippen LogP contribution in [0, 0.1) is 0 Å². The van der Waals surface area contributed by atoms with Crippen molar-refractivity contribution in [2.75, 3.05) is 0 Å². The van der Waals surface area contributed by atoms with E-state index in [1.165, 1.54) is 0 Å². The average molecular weight is 278 g/mol. The molecule has 0 spiro atoms. The maximum atomic E-state index is 8.74. The fourth-order valence-electron chi connectivity index (χ4n) is 0.877. The van der Waals surface area contributed by atoms with Gasteiger partial charge < -0.3 is 0 Å². The van der Waals surface area contributed by atoms with Crippen LogP contribution in [0.4, 0.5) is 0 Å². The minimum atomic E-state index is -4.67. The number of benzene rings is 1. The SMILES string of the molecule is O=S(=O)(O)O.OO.c1ccc(-c2nnn[nH]2)cc1. The highest BCUT2D eigenvalue weighted by atomic mass is 32.3. The molecule has 1 heterocycles. The molecule has 1 aromatic carbocycles. The third-order valence-corrected chi connectivity index (χ3v) is 1.39. The first-order valence-electron chi connectivity index (χ1n) is 4.16. The number of H-pyrrole nitrogens is 1. The predicted octanol–water partition coefficient (Wildman–Crippen LogP) is 0.231. The first-order valence-corrected chi connectivity index (χ1v) is 5.55. The van der Waals surface area contributed by atoms with E-state index in [4.69, 9.17) is 28.0 Å². The van der Waals surface area contributed by atoms with Crippen molar-refractivity contribution < 1.29 is 28.0 Å². The summed E-state index contributed by atoms with van der Waals surface area (Å²) in [4.78, 5) is 0. The summed E-state index contributed by atoms with van der Waals surface area (Å²) in [7, 11) is -4.67. The molecule has 0 fully saturated rings. The number of tetrazole rings is 1. The van der Waals surface area contributed by atoms with Gasteiger partial charge in [-0.05, 0) is 10.4 Å². The molecule has 10 nitrogen and oxygen atoms in total. The number of nitrogens with zero attached hydrogens (tertiary/aromatic N) is 3. The van der Waals surface area contributed by atoms with Crippen LogP contribution in [0.5, 0.6) is 0 Å². The maximum Gasteiger partial charge on any atom is 0.394 e. The van der Waals surface area contributed by atoms with Gasteiger partial charge in [0.2, 0.25) is 0 Å². The molecule has 100 valence electrons. The van der Waals surface area contributed by atoms with Crippen molar-refractivity contribution in [2.45, 2.75) is 0 Å². The Balaban J connectivity index is 0.000000354. The Labute approximate surface area is 101 Å². The zero-order chi connectivity index (χ0) is 14.0. The fourth-order valence-corrected chi connectivity index (χ4v) is 0.877. The molecule has 0 bridgehead atoms. The minimum absolute atomic E-state index is 0.700. The highest BCUT2D eigenvalue weighted by molar-refractivity contribution is 7.79. The van der Waals surface area contributed by atoms with E-state index in [0.29, 0.717) is 5.82 Å². The summed E-state index contributed by atoms with van der Waals surface area (Å²) in [5.41, 5.74) is 0.998. The molecule has 0 amide bonds. The van der Waals surface area contributed by atoms with Crippen LogP contribution in [0.1, 0.15) is 0 Å². The summed E-state index contributed by atoms with van der Waals surface area (Å²) in [5, 5.41) is 25.4. The Morgan fingerprint density at radius 2 is 1.56 bits per heavy atom. The third-order valence-electron chi connectivity index (χ3n) is 1.39. The normalized spacial score (nSPS) is 9.56. The quantitative estimate of drug-likeness (QED) is 0.278. The average Bonchev–Trinajstić information content (AvgIpc) is 2.84. The van der Waals surface area contributed by atoms with Crippen molar-refractivity contribution in [3.63, 3.8) is 0 Å². The van der Waals surface area contributed by atoms with Crippen LogP contribution in [-0.2, 0) is 10.4 Å². The number of nitrogens with one attached hydrogen (secondary N) is 1. The Hall–Kier alpha value is -1.92. The first-order chi connectivity index (χ1) is 8.47. The molecule has 1 aromatic heterocycles. The molecule has 0 unspecified atom stereocenters. The summed E-state index contributed by atoms with van der Waals surface area (Å²) < 4.78 is 31.6. The highest BCUT2D eigenvalue weighted by Gasteiger charge is 1.97. The van der Waals surface area contributed by atoms with Crippen LogP contribution in [0.15, 0.2) is 30.3 Å². The third kappa shape index (κ3) is 8.26. The van der Waals surface area contributed by atoms with E-state index in [9.17, 15) is 0 Å². The Bertz CT molecular complexity index is 506. The van der Waals surface area contributed by atoms with E-state index in [1.807, 2.05) is 30.3 Å². The number of aromatic nitrogens is 4. The molecular weight excluding hydrogens is 268 g/mol. The summed E-state index contributed by atoms with van der Waals surface area (Å²) in [5.74, 6) is 0.700. The van der Waals surface area contributed by atoms with Gasteiger partial charge >= 0.3 is 10.4 Å². The van der Waals surface area contributed by atoms with Crippen molar-refractivity contribution in [3.05, 3.63) is 30.3 Å². The summed E-state index contributed by atoms with van der Waals surface area (Å²) >= 11 is 0. The van der Waals surface area contributed by atoms with E-state index in [2.05, 4.69) is 20.6 Å². The van der Waals surface area contributed by atoms with E-state index >= 15 is 0 Å². The molecule has 11 heteroatoms. The second kappa shape index (κ2) is 8.21. The van der Waals surface area contributed by atoms with Crippen LogP contribution in [0.2, 0.25) is 0 Å². The summed E-state index contributed by atoms with van der Waals surface area (Å²) in [6, 6.07) is 9.73. The zero-order valence-corrected chi connectivity index (χ0v) is 9.56. The largest absolute Gasteiger partial charge is 0.394 e. The number of aromatic amines is 1. The van der Waals surface area contributed by atoms with Crippen LogP contribution < -0.4 is 0 Å². The molecule has 18 heavy (non-hydrogen) atoms. The van der Waals surface area contributed by atoms with Gasteiger partial charge in [0.1, 0.15) is 0 Å². The van der Waals surface area contributed by atoms with Crippen molar-refractivity contribution >= 4 is 10.4 Å². The maximum absolute atomic E-state index is 8.74. The Morgan fingerprint density at radius 1 is 1.06 bits per heavy atom. The van der Waals surface area contributed by atoms with Crippen molar-refractivity contribution in [2.24, 2.45) is 0 Å². The molecule has 0 atom stereocenters. The van der Waals surface area contributed by atoms with Gasteiger partial charge in [0.05, 0.1) is 0 Å². The molecule has 2 rings (SSSR count). The lowest BCUT2D eigenvalue weighted by Gasteiger charge is -1.90. The standard InChI is InChI=1S/C7H6N4.H2O4S.H2O2/c1-2-4-6(5-3-1)7-8-10-11-9-7;1-5(2,3)4;1-2/h1-5H,(H,8,9,10,11);(H2,1,2,3,4);1-2H. The zero-order valence-electron chi connectivity index (χ0n) is 8.74. The van der Waals surface area contributed by atoms with Gasteiger partial charge in [-0.25, -0.2) is 5.10 Å². The van der Waals surface area contributed by atoms with Crippen LogP contribution in [-0.4, -0.2) is 48.7 Å². The molecule has 0 radical (unpaired) electrons.